The molecule has 0 radical (unpaired) electrons. The summed E-state index contributed by atoms with van der Waals surface area (Å²) in [6, 6.07) is 7.85. The number of rotatable bonds is 4. The number of hydrazine groups is 1. The zero-order valence-electron chi connectivity index (χ0n) is 10.6. The molecule has 0 unspecified atom stereocenters. The first-order valence-corrected chi connectivity index (χ1v) is 6.48. The lowest BCUT2D eigenvalue weighted by Crippen LogP contribution is -2.33. The number of hydrogen-bond donors (Lipinski definition) is 2. The number of aliphatic carboxylic acids is 1. The van der Waals surface area contributed by atoms with E-state index in [1.165, 1.54) is 0 Å². The molecule has 3 rings (SSSR count). The Balaban J connectivity index is 1.84. The Hall–Kier alpha value is -2.04. The van der Waals surface area contributed by atoms with Crippen LogP contribution in [0.4, 0.5) is 5.69 Å². The van der Waals surface area contributed by atoms with Gasteiger partial charge in [0.15, 0.2) is 0 Å². The molecule has 1 aliphatic carbocycles. The molecule has 1 aromatic carbocycles. The highest BCUT2D eigenvalue weighted by atomic mass is 16.4. The monoisotopic (exact) mass is 260 g/mol. The smallest absolute Gasteiger partial charge is 0.304 e. The van der Waals surface area contributed by atoms with Crippen LogP contribution in [0.1, 0.15) is 31.2 Å². The van der Waals surface area contributed by atoms with Crippen LogP contribution in [-0.4, -0.2) is 23.5 Å². The van der Waals surface area contributed by atoms with Crippen LogP contribution < -0.4 is 10.4 Å². The van der Waals surface area contributed by atoms with Crippen LogP contribution in [0.5, 0.6) is 0 Å². The molecule has 1 saturated carbocycles. The largest absolute Gasteiger partial charge is 0.481 e. The van der Waals surface area contributed by atoms with Crippen LogP contribution in [0.3, 0.4) is 0 Å². The number of carboxylic acids is 1. The van der Waals surface area contributed by atoms with Crippen LogP contribution in [0, 0.1) is 0 Å². The molecule has 1 aromatic rings. The normalized spacial score (nSPS) is 20.2. The Kier molecular flexibility index (Phi) is 2.69. The number of amides is 1. The van der Waals surface area contributed by atoms with Crippen molar-refractivity contribution in [3.63, 3.8) is 0 Å². The Labute approximate surface area is 111 Å². The van der Waals surface area contributed by atoms with Crippen molar-refractivity contribution >= 4 is 17.6 Å². The molecular formula is C14H16N2O3. The molecule has 1 heterocycles. The zero-order chi connectivity index (χ0) is 13.5. The lowest BCUT2D eigenvalue weighted by molar-refractivity contribution is -0.137. The van der Waals surface area contributed by atoms with Gasteiger partial charge in [0.2, 0.25) is 5.91 Å². The quantitative estimate of drug-likeness (QED) is 0.859. The van der Waals surface area contributed by atoms with Gasteiger partial charge in [-0.25, -0.2) is 0 Å². The highest BCUT2D eigenvalue weighted by Gasteiger charge is 2.46. The van der Waals surface area contributed by atoms with Gasteiger partial charge in [-0.05, 0) is 30.5 Å². The summed E-state index contributed by atoms with van der Waals surface area (Å²) in [5.74, 6) is -0.727. The van der Waals surface area contributed by atoms with E-state index in [0.29, 0.717) is 13.0 Å². The van der Waals surface area contributed by atoms with E-state index in [1.807, 2.05) is 29.3 Å². The first-order chi connectivity index (χ1) is 9.09. The molecular weight excluding hydrogens is 244 g/mol. The fourth-order valence-corrected chi connectivity index (χ4v) is 2.68. The van der Waals surface area contributed by atoms with Gasteiger partial charge >= 0.3 is 5.97 Å². The van der Waals surface area contributed by atoms with Crippen LogP contribution in [-0.2, 0) is 15.0 Å². The maximum Gasteiger partial charge on any atom is 0.304 e. The zero-order valence-corrected chi connectivity index (χ0v) is 10.6. The van der Waals surface area contributed by atoms with Crippen molar-refractivity contribution in [2.75, 3.05) is 11.6 Å². The van der Waals surface area contributed by atoms with Gasteiger partial charge in [-0.2, -0.15) is 0 Å². The van der Waals surface area contributed by atoms with Crippen molar-refractivity contribution in [2.24, 2.45) is 0 Å². The summed E-state index contributed by atoms with van der Waals surface area (Å²) in [6.07, 6.45) is 2.54. The first-order valence-electron chi connectivity index (χ1n) is 6.48. The van der Waals surface area contributed by atoms with Gasteiger partial charge in [0.05, 0.1) is 12.1 Å². The van der Waals surface area contributed by atoms with Gasteiger partial charge in [-0.15, -0.1) is 0 Å². The summed E-state index contributed by atoms with van der Waals surface area (Å²) in [5, 5.41) is 10.8. The standard InChI is InChI=1S/C14H16N2O3/c17-12-4-7-16(15-12)11-3-1-2-10(8-11)14(5-6-14)9-13(18)19/h1-3,8H,4-7,9H2,(H,15,17)(H,18,19). The molecule has 1 saturated heterocycles. The fourth-order valence-electron chi connectivity index (χ4n) is 2.68. The van der Waals surface area contributed by atoms with Crippen LogP contribution >= 0.6 is 0 Å². The Morgan fingerprint density at radius 1 is 1.42 bits per heavy atom. The van der Waals surface area contributed by atoms with Crippen molar-refractivity contribution < 1.29 is 14.7 Å². The molecule has 2 fully saturated rings. The van der Waals surface area contributed by atoms with E-state index < -0.39 is 5.97 Å². The van der Waals surface area contributed by atoms with Gasteiger partial charge in [0.25, 0.3) is 0 Å². The Morgan fingerprint density at radius 2 is 2.21 bits per heavy atom. The molecule has 0 spiro atoms. The van der Waals surface area contributed by atoms with E-state index in [9.17, 15) is 9.59 Å². The molecule has 2 N–H and O–H groups in total. The molecule has 0 bridgehead atoms. The molecule has 5 nitrogen and oxygen atoms in total. The number of anilines is 1. The number of carbonyl (C=O) groups excluding carboxylic acids is 1. The van der Waals surface area contributed by atoms with Crippen molar-refractivity contribution in [1.29, 1.82) is 0 Å². The summed E-state index contributed by atoms with van der Waals surface area (Å²) in [6.45, 7) is 0.661. The van der Waals surface area contributed by atoms with E-state index in [-0.39, 0.29) is 17.7 Å². The SMILES string of the molecule is O=C(O)CC1(c2cccc(N3CCC(=O)N3)c2)CC1. The minimum Gasteiger partial charge on any atom is -0.481 e. The Morgan fingerprint density at radius 3 is 2.79 bits per heavy atom. The predicted octanol–water partition coefficient (Wildman–Crippen LogP) is 1.43. The van der Waals surface area contributed by atoms with Gasteiger partial charge in [0, 0.05) is 18.4 Å². The minimum absolute atomic E-state index is 0.0251. The topological polar surface area (TPSA) is 69.6 Å². The van der Waals surface area contributed by atoms with Crippen LogP contribution in [0.25, 0.3) is 0 Å². The van der Waals surface area contributed by atoms with Crippen molar-refractivity contribution in [3.8, 4) is 0 Å². The second-order valence-corrected chi connectivity index (χ2v) is 5.34. The lowest BCUT2D eigenvalue weighted by Gasteiger charge is -2.20. The number of carbonyl (C=O) groups is 2. The molecule has 1 amide bonds. The molecule has 19 heavy (non-hydrogen) atoms. The second kappa shape index (κ2) is 4.26. The Bertz CT molecular complexity index is 537. The van der Waals surface area contributed by atoms with Gasteiger partial charge < -0.3 is 5.11 Å². The van der Waals surface area contributed by atoms with Crippen LogP contribution in [0.2, 0.25) is 0 Å². The average Bonchev–Trinajstić information content (AvgIpc) is 3.02. The van der Waals surface area contributed by atoms with Crippen molar-refractivity contribution in [3.05, 3.63) is 29.8 Å². The summed E-state index contributed by atoms with van der Waals surface area (Å²) in [4.78, 5) is 22.2. The number of benzene rings is 1. The molecule has 100 valence electrons. The van der Waals surface area contributed by atoms with Gasteiger partial charge in [-0.1, -0.05) is 12.1 Å². The summed E-state index contributed by atoms with van der Waals surface area (Å²) < 4.78 is 0. The van der Waals surface area contributed by atoms with Gasteiger partial charge in [-0.3, -0.25) is 20.0 Å². The summed E-state index contributed by atoms with van der Waals surface area (Å²) in [7, 11) is 0. The predicted molar refractivity (Wildman–Crippen MR) is 69.7 cm³/mol. The highest BCUT2D eigenvalue weighted by molar-refractivity contribution is 5.81. The highest BCUT2D eigenvalue weighted by Crippen LogP contribution is 2.51. The van der Waals surface area contributed by atoms with Gasteiger partial charge in [0.1, 0.15) is 0 Å². The molecule has 2 aliphatic rings. The molecule has 1 aliphatic heterocycles. The lowest BCUT2D eigenvalue weighted by atomic mass is 9.92. The fraction of sp³-hybridized carbons (Fsp3) is 0.429. The maximum atomic E-state index is 11.2. The third-order valence-electron chi connectivity index (χ3n) is 3.94. The molecule has 0 atom stereocenters. The third-order valence-corrected chi connectivity index (χ3v) is 3.94. The number of hydrogen-bond acceptors (Lipinski definition) is 3. The molecule has 0 aromatic heterocycles. The van der Waals surface area contributed by atoms with E-state index >= 15 is 0 Å². The van der Waals surface area contributed by atoms with E-state index in [4.69, 9.17) is 5.11 Å². The van der Waals surface area contributed by atoms with Crippen LogP contribution in [0.15, 0.2) is 24.3 Å². The average molecular weight is 260 g/mol. The third kappa shape index (κ3) is 2.28. The number of nitrogens with one attached hydrogen (secondary N) is 1. The van der Waals surface area contributed by atoms with Crippen molar-refractivity contribution in [1.82, 2.24) is 5.43 Å². The van der Waals surface area contributed by atoms with E-state index in [1.54, 1.807) is 0 Å². The second-order valence-electron chi connectivity index (χ2n) is 5.34. The van der Waals surface area contributed by atoms with E-state index in [0.717, 1.165) is 24.1 Å². The maximum absolute atomic E-state index is 11.2. The number of carboxylic acid groups (broad SMARTS) is 1. The van der Waals surface area contributed by atoms with Crippen molar-refractivity contribution in [2.45, 2.75) is 31.1 Å². The summed E-state index contributed by atoms with van der Waals surface area (Å²) in [5.41, 5.74) is 4.59. The number of nitrogens with zero attached hydrogens (tertiary/aromatic N) is 1. The minimum atomic E-state index is -0.752. The first kappa shape index (κ1) is 12.0. The van der Waals surface area contributed by atoms with E-state index in [2.05, 4.69) is 5.43 Å². The molecule has 5 heteroatoms. The summed E-state index contributed by atoms with van der Waals surface area (Å²) >= 11 is 0.